The van der Waals surface area contributed by atoms with Gasteiger partial charge in [-0.2, -0.15) is 4.68 Å². The topological polar surface area (TPSA) is 111 Å². The highest BCUT2D eigenvalue weighted by molar-refractivity contribution is 7.91. The Morgan fingerprint density at radius 2 is 1.95 bits per heavy atom. The number of carbonyl (C=O) groups excluding carboxylic acids is 2. The first-order valence-corrected chi connectivity index (χ1v) is 7.51. The average molecular weight is 304 g/mol. The van der Waals surface area contributed by atoms with Gasteiger partial charge in [0, 0.05) is 13.1 Å². The molecule has 1 aromatic rings. The molecule has 0 radical (unpaired) electrons. The van der Waals surface area contributed by atoms with Gasteiger partial charge in [-0.3, -0.25) is 4.79 Å². The van der Waals surface area contributed by atoms with Gasteiger partial charge in [0.1, 0.15) is 6.33 Å². The van der Waals surface area contributed by atoms with Crippen LogP contribution in [0.1, 0.15) is 13.8 Å². The van der Waals surface area contributed by atoms with Crippen LogP contribution >= 0.6 is 0 Å². The lowest BCUT2D eigenvalue weighted by Gasteiger charge is -2.17. The summed E-state index contributed by atoms with van der Waals surface area (Å²) in [6.07, 6.45) is 1.00. The third kappa shape index (κ3) is 3.53. The average Bonchev–Trinajstić information content (AvgIpc) is 2.89. The molecule has 0 fully saturated rings. The number of rotatable bonds is 5. The highest BCUT2D eigenvalue weighted by atomic mass is 32.2. The fourth-order valence-corrected chi connectivity index (χ4v) is 2.38. The number of esters is 1. The second-order valence-corrected chi connectivity index (χ2v) is 5.65. The van der Waals surface area contributed by atoms with E-state index in [0.29, 0.717) is 13.1 Å². The minimum atomic E-state index is -4.01. The summed E-state index contributed by atoms with van der Waals surface area (Å²) >= 11 is 0. The zero-order valence-electron chi connectivity index (χ0n) is 11.4. The van der Waals surface area contributed by atoms with Gasteiger partial charge in [0.25, 0.3) is 5.16 Å². The van der Waals surface area contributed by atoms with Crippen molar-refractivity contribution in [3.05, 3.63) is 6.33 Å². The Morgan fingerprint density at radius 3 is 2.45 bits per heavy atom. The largest absolute Gasteiger partial charge is 0.468 e. The molecular weight excluding hydrogens is 288 g/mol. The van der Waals surface area contributed by atoms with Crippen LogP contribution in [0.25, 0.3) is 0 Å². The van der Waals surface area contributed by atoms with Crippen LogP contribution in [0.2, 0.25) is 0 Å². The molecule has 0 saturated carbocycles. The minimum absolute atomic E-state index is 0.458. The smallest absolute Gasteiger partial charge is 0.346 e. The maximum atomic E-state index is 11.9. The molecule has 0 N–H and O–H groups in total. The first-order valence-electron chi connectivity index (χ1n) is 5.86. The number of hydrogen-bond acceptors (Lipinski definition) is 7. The van der Waals surface area contributed by atoms with Crippen LogP contribution in [0.5, 0.6) is 0 Å². The molecule has 0 unspecified atom stereocenters. The summed E-state index contributed by atoms with van der Waals surface area (Å²) in [5.41, 5.74) is 0. The van der Waals surface area contributed by atoms with Crippen molar-refractivity contribution in [2.24, 2.45) is 0 Å². The van der Waals surface area contributed by atoms with Crippen molar-refractivity contribution in [3.8, 4) is 0 Å². The molecule has 0 bridgehead atoms. The highest BCUT2D eigenvalue weighted by Gasteiger charge is 2.26. The number of hydrogen-bond donors (Lipinski definition) is 0. The summed E-state index contributed by atoms with van der Waals surface area (Å²) in [6.45, 7) is 4.49. The molecule has 10 heteroatoms. The Bertz CT molecular complexity index is 591. The second kappa shape index (κ2) is 6.46. The Labute approximate surface area is 116 Å². The van der Waals surface area contributed by atoms with Crippen molar-refractivity contribution in [2.45, 2.75) is 19.0 Å². The van der Waals surface area contributed by atoms with E-state index < -0.39 is 32.7 Å². The van der Waals surface area contributed by atoms with Gasteiger partial charge in [-0.15, -0.1) is 5.10 Å². The molecule has 0 aromatic carbocycles. The van der Waals surface area contributed by atoms with Crippen LogP contribution in [0, 0.1) is 0 Å². The van der Waals surface area contributed by atoms with Crippen LogP contribution in [-0.2, 0) is 19.4 Å². The number of ether oxygens (including phenoxy) is 1. The lowest BCUT2D eigenvalue weighted by atomic mass is 10.5. The van der Waals surface area contributed by atoms with Gasteiger partial charge in [0.15, 0.2) is 5.75 Å². The lowest BCUT2D eigenvalue weighted by Crippen LogP contribution is -2.34. The molecule has 0 aliphatic heterocycles. The van der Waals surface area contributed by atoms with Crippen molar-refractivity contribution in [3.63, 3.8) is 0 Å². The number of aromatic nitrogens is 3. The van der Waals surface area contributed by atoms with E-state index >= 15 is 0 Å². The Kier molecular flexibility index (Phi) is 5.19. The van der Waals surface area contributed by atoms with E-state index in [1.54, 1.807) is 13.8 Å². The molecule has 1 aromatic heterocycles. The van der Waals surface area contributed by atoms with Crippen LogP contribution in [0.4, 0.5) is 4.79 Å². The Morgan fingerprint density at radius 1 is 1.35 bits per heavy atom. The first kappa shape index (κ1) is 16.1. The number of methoxy groups -OCH3 is 1. The monoisotopic (exact) mass is 304 g/mol. The van der Waals surface area contributed by atoms with Crippen LogP contribution in [0.3, 0.4) is 0 Å². The summed E-state index contributed by atoms with van der Waals surface area (Å²) in [5, 5.41) is 3.02. The van der Waals surface area contributed by atoms with Gasteiger partial charge >= 0.3 is 12.0 Å². The first-order chi connectivity index (χ1) is 9.35. The van der Waals surface area contributed by atoms with Crippen molar-refractivity contribution in [2.75, 3.05) is 26.0 Å². The van der Waals surface area contributed by atoms with Gasteiger partial charge < -0.3 is 9.64 Å². The number of carbonyl (C=O) groups is 2. The molecule has 0 aliphatic rings. The van der Waals surface area contributed by atoms with Gasteiger partial charge in [0.05, 0.1) is 7.11 Å². The third-order valence-corrected chi connectivity index (χ3v) is 3.87. The van der Waals surface area contributed by atoms with Gasteiger partial charge in [-0.1, -0.05) is 0 Å². The highest BCUT2D eigenvalue weighted by Crippen LogP contribution is 2.05. The van der Waals surface area contributed by atoms with E-state index in [-0.39, 0.29) is 0 Å². The van der Waals surface area contributed by atoms with E-state index in [0.717, 1.165) is 18.1 Å². The second-order valence-electron chi connectivity index (χ2n) is 3.76. The number of nitrogens with zero attached hydrogens (tertiary/aromatic N) is 4. The normalized spacial score (nSPS) is 11.2. The summed E-state index contributed by atoms with van der Waals surface area (Å²) in [4.78, 5) is 27.9. The minimum Gasteiger partial charge on any atom is -0.468 e. The molecular formula is C10H16N4O5S. The van der Waals surface area contributed by atoms with E-state index in [2.05, 4.69) is 14.8 Å². The van der Waals surface area contributed by atoms with Crippen molar-refractivity contribution >= 4 is 21.8 Å². The summed E-state index contributed by atoms with van der Waals surface area (Å²) in [6, 6.07) is -0.484. The fraction of sp³-hybridized carbons (Fsp3) is 0.600. The number of amides is 1. The van der Waals surface area contributed by atoms with Crippen LogP contribution in [-0.4, -0.2) is 66.0 Å². The molecule has 1 rings (SSSR count). The fourth-order valence-electron chi connectivity index (χ4n) is 1.40. The van der Waals surface area contributed by atoms with Crippen molar-refractivity contribution < 1.29 is 22.7 Å². The molecule has 0 atom stereocenters. The van der Waals surface area contributed by atoms with Crippen LogP contribution in [0.15, 0.2) is 11.5 Å². The maximum Gasteiger partial charge on any atom is 0.346 e. The molecule has 0 saturated heterocycles. The predicted molar refractivity (Wildman–Crippen MR) is 67.8 cm³/mol. The standard InChI is InChI=1S/C10H16N4O5S/c1-4-13(5-2)10(16)14-7-11-9(12-14)20(17,18)6-8(15)19-3/h7H,4-6H2,1-3H3. The summed E-state index contributed by atoms with van der Waals surface area (Å²) in [7, 11) is -2.93. The van der Waals surface area contributed by atoms with E-state index in [9.17, 15) is 18.0 Å². The van der Waals surface area contributed by atoms with Gasteiger partial charge in [-0.25, -0.2) is 18.2 Å². The zero-order chi connectivity index (χ0) is 15.3. The Balaban J connectivity index is 2.97. The third-order valence-electron chi connectivity index (χ3n) is 2.51. The van der Waals surface area contributed by atoms with E-state index in [1.807, 2.05) is 0 Å². The zero-order valence-corrected chi connectivity index (χ0v) is 12.3. The lowest BCUT2D eigenvalue weighted by molar-refractivity contribution is -0.137. The molecule has 0 aliphatic carbocycles. The van der Waals surface area contributed by atoms with Crippen molar-refractivity contribution in [1.82, 2.24) is 19.7 Å². The van der Waals surface area contributed by atoms with Gasteiger partial charge in [-0.05, 0) is 13.8 Å². The molecule has 1 amide bonds. The maximum absolute atomic E-state index is 11.9. The van der Waals surface area contributed by atoms with Gasteiger partial charge in [0.2, 0.25) is 9.84 Å². The molecule has 1 heterocycles. The quantitative estimate of drug-likeness (QED) is 0.676. The summed E-state index contributed by atoms with van der Waals surface area (Å²) < 4.78 is 28.7. The molecule has 0 spiro atoms. The predicted octanol–water partition coefficient (Wildman–Crippen LogP) is -0.465. The summed E-state index contributed by atoms with van der Waals surface area (Å²) in [5.74, 6) is -1.79. The van der Waals surface area contributed by atoms with Crippen molar-refractivity contribution in [1.29, 1.82) is 0 Å². The van der Waals surface area contributed by atoms with E-state index in [4.69, 9.17) is 0 Å². The SMILES string of the molecule is CCN(CC)C(=O)n1cnc(S(=O)(=O)CC(=O)OC)n1. The molecule has 20 heavy (non-hydrogen) atoms. The molecule has 9 nitrogen and oxygen atoms in total. The van der Waals surface area contributed by atoms with E-state index in [1.165, 1.54) is 4.90 Å². The Hall–Kier alpha value is -1.97. The molecule has 112 valence electrons. The van der Waals surface area contributed by atoms with Crippen LogP contribution < -0.4 is 0 Å². The number of sulfone groups is 1.